The van der Waals surface area contributed by atoms with Gasteiger partial charge in [0.1, 0.15) is 4.83 Å². The van der Waals surface area contributed by atoms with Crippen LogP contribution in [-0.2, 0) is 17.6 Å². The molecule has 1 aromatic carbocycles. The minimum Gasteiger partial charge on any atom is -0.383 e. The zero-order valence-electron chi connectivity index (χ0n) is 27.6. The molecule has 9 heteroatoms. The van der Waals surface area contributed by atoms with Crippen molar-refractivity contribution in [2.75, 3.05) is 53.0 Å². The molecule has 2 N–H and O–H groups in total. The van der Waals surface area contributed by atoms with Crippen LogP contribution in [0.3, 0.4) is 0 Å². The second kappa shape index (κ2) is 14.2. The number of piperazine rings is 1. The zero-order chi connectivity index (χ0) is 32.3. The van der Waals surface area contributed by atoms with Gasteiger partial charge in [-0.2, -0.15) is 0 Å². The van der Waals surface area contributed by atoms with Crippen molar-refractivity contribution < 1.29 is 9.53 Å². The van der Waals surface area contributed by atoms with Gasteiger partial charge in [-0.25, -0.2) is 4.98 Å². The number of amides is 1. The third kappa shape index (κ3) is 7.77. The first-order valence-electron chi connectivity index (χ1n) is 16.6. The van der Waals surface area contributed by atoms with Gasteiger partial charge in [0.25, 0.3) is 5.91 Å². The lowest BCUT2D eigenvalue weighted by Gasteiger charge is -2.35. The number of aromatic amines is 1. The molecule has 0 radical (unpaired) electrons. The van der Waals surface area contributed by atoms with E-state index in [-0.39, 0.29) is 22.9 Å². The van der Waals surface area contributed by atoms with Gasteiger partial charge in [0.05, 0.1) is 17.5 Å². The summed E-state index contributed by atoms with van der Waals surface area (Å²) in [5.41, 5.74) is 5.74. The van der Waals surface area contributed by atoms with E-state index < -0.39 is 0 Å². The molecule has 46 heavy (non-hydrogen) atoms. The van der Waals surface area contributed by atoms with Crippen molar-refractivity contribution in [3.63, 3.8) is 0 Å². The monoisotopic (exact) mass is 641 g/mol. The van der Waals surface area contributed by atoms with Crippen LogP contribution >= 0.6 is 11.3 Å². The number of H-pyrrole nitrogens is 1. The number of nitrogens with one attached hydrogen (secondary N) is 2. The third-order valence-corrected chi connectivity index (χ3v) is 10.9. The molecule has 2 aliphatic rings. The molecule has 1 aliphatic heterocycles. The Hall–Kier alpha value is -3.37. The molecule has 8 nitrogen and oxygen atoms in total. The number of methoxy groups -OCH3 is 1. The van der Waals surface area contributed by atoms with Gasteiger partial charge in [-0.3, -0.25) is 14.5 Å². The van der Waals surface area contributed by atoms with Crippen LogP contribution in [0.2, 0.25) is 0 Å². The molecule has 1 unspecified atom stereocenters. The van der Waals surface area contributed by atoms with E-state index in [1.807, 2.05) is 12.1 Å². The molecule has 0 spiro atoms. The fraction of sp³-hybridized carbons (Fsp3) is 0.486. The summed E-state index contributed by atoms with van der Waals surface area (Å²) < 4.78 is 5.26. The molecule has 6 rings (SSSR count). The smallest absolute Gasteiger partial charge is 0.261 e. The average Bonchev–Trinajstić information content (AvgIpc) is 3.48. The molecule has 1 aliphatic carbocycles. The van der Waals surface area contributed by atoms with Crippen molar-refractivity contribution in [3.05, 3.63) is 86.8 Å². The second-order valence-corrected chi connectivity index (χ2v) is 15.0. The van der Waals surface area contributed by atoms with Crippen LogP contribution in [0, 0.1) is 11.3 Å². The van der Waals surface area contributed by atoms with Gasteiger partial charge in [-0.05, 0) is 77.5 Å². The van der Waals surface area contributed by atoms with Gasteiger partial charge in [0.15, 0.2) is 0 Å². The van der Waals surface area contributed by atoms with E-state index in [9.17, 15) is 9.59 Å². The number of fused-ring (bicyclic) bond motifs is 2. The number of aryl methyl sites for hydroxylation is 1. The number of benzene rings is 1. The van der Waals surface area contributed by atoms with Crippen LogP contribution in [0.4, 0.5) is 0 Å². The fourth-order valence-electron chi connectivity index (χ4n) is 6.79. The van der Waals surface area contributed by atoms with Crippen LogP contribution in [0.5, 0.6) is 0 Å². The number of ether oxygens (including phenoxy) is 1. The largest absolute Gasteiger partial charge is 0.383 e. The Labute approximate surface area is 276 Å². The molecule has 1 fully saturated rings. The Morgan fingerprint density at radius 3 is 2.43 bits per heavy atom. The van der Waals surface area contributed by atoms with Gasteiger partial charge in [-0.1, -0.05) is 45.0 Å². The summed E-state index contributed by atoms with van der Waals surface area (Å²) in [4.78, 5) is 39.8. The number of hydrogen-bond donors (Lipinski definition) is 2. The molecule has 3 aromatic heterocycles. The van der Waals surface area contributed by atoms with E-state index in [2.05, 4.69) is 71.2 Å². The molecule has 1 saturated heterocycles. The molecule has 244 valence electrons. The second-order valence-electron chi connectivity index (χ2n) is 14.0. The summed E-state index contributed by atoms with van der Waals surface area (Å²) in [6.45, 7) is 13.7. The summed E-state index contributed by atoms with van der Waals surface area (Å²) in [6, 6.07) is 15.9. The Balaban J connectivity index is 1.18. The minimum atomic E-state index is -0.137. The number of aromatic nitrogens is 2. The molecule has 4 heterocycles. The van der Waals surface area contributed by atoms with Crippen LogP contribution < -0.4 is 10.9 Å². The number of hydrogen-bond acceptors (Lipinski definition) is 7. The molecule has 0 bridgehead atoms. The first-order chi connectivity index (χ1) is 22.2. The summed E-state index contributed by atoms with van der Waals surface area (Å²) >= 11 is 1.50. The Bertz CT molecular complexity index is 1680. The minimum absolute atomic E-state index is 0.0485. The van der Waals surface area contributed by atoms with E-state index in [4.69, 9.17) is 9.72 Å². The van der Waals surface area contributed by atoms with Crippen molar-refractivity contribution >= 4 is 27.5 Å². The Morgan fingerprint density at radius 1 is 1.04 bits per heavy atom. The van der Waals surface area contributed by atoms with Gasteiger partial charge < -0.3 is 19.9 Å². The normalized spacial score (nSPS) is 18.4. The SMILES string of the molecule is COCCN1CCN(CCC(NC(=O)c2cc3cc4c(nc3s2)CC[C@H](C(C)(C)C)C4)c2ccc(-c3ccc(=O)[nH]c3)cc2)CC1. The predicted octanol–water partition coefficient (Wildman–Crippen LogP) is 5.93. The maximum absolute atomic E-state index is 13.8. The molecule has 0 saturated carbocycles. The van der Waals surface area contributed by atoms with Crippen LogP contribution in [0.25, 0.3) is 21.3 Å². The highest BCUT2D eigenvalue weighted by Crippen LogP contribution is 2.38. The van der Waals surface area contributed by atoms with Crippen molar-refractivity contribution in [1.82, 2.24) is 25.1 Å². The zero-order valence-corrected chi connectivity index (χ0v) is 28.4. The number of thiophene rings is 1. The van der Waals surface area contributed by atoms with Crippen LogP contribution in [0.15, 0.2) is 59.5 Å². The first-order valence-corrected chi connectivity index (χ1v) is 17.4. The van der Waals surface area contributed by atoms with Crippen molar-refractivity contribution in [2.24, 2.45) is 11.3 Å². The van der Waals surface area contributed by atoms with Gasteiger partial charge >= 0.3 is 0 Å². The third-order valence-electron chi connectivity index (χ3n) is 9.87. The molecular weight excluding hydrogens is 595 g/mol. The lowest BCUT2D eigenvalue weighted by Crippen LogP contribution is -2.47. The fourth-order valence-corrected chi connectivity index (χ4v) is 7.73. The highest BCUT2D eigenvalue weighted by molar-refractivity contribution is 7.20. The maximum atomic E-state index is 13.8. The summed E-state index contributed by atoms with van der Waals surface area (Å²) in [6.07, 6.45) is 5.77. The van der Waals surface area contributed by atoms with E-state index in [0.717, 1.165) is 92.0 Å². The Morgan fingerprint density at radius 2 is 1.76 bits per heavy atom. The van der Waals surface area contributed by atoms with E-state index in [0.29, 0.717) is 10.8 Å². The number of nitrogens with zero attached hydrogens (tertiary/aromatic N) is 3. The highest BCUT2D eigenvalue weighted by Gasteiger charge is 2.30. The number of pyridine rings is 2. The lowest BCUT2D eigenvalue weighted by molar-refractivity contribution is 0.0896. The maximum Gasteiger partial charge on any atom is 0.261 e. The van der Waals surface area contributed by atoms with Gasteiger partial charge in [0, 0.05) is 69.7 Å². The van der Waals surface area contributed by atoms with E-state index >= 15 is 0 Å². The van der Waals surface area contributed by atoms with Gasteiger partial charge in [-0.15, -0.1) is 11.3 Å². The first kappa shape index (κ1) is 32.6. The Kier molecular flexibility index (Phi) is 10.0. The van der Waals surface area contributed by atoms with Crippen molar-refractivity contribution in [2.45, 2.75) is 52.5 Å². The number of rotatable bonds is 10. The molecule has 4 aromatic rings. The summed E-state index contributed by atoms with van der Waals surface area (Å²) in [7, 11) is 1.75. The topological polar surface area (TPSA) is 90.6 Å². The summed E-state index contributed by atoms with van der Waals surface area (Å²) in [5, 5.41) is 4.46. The van der Waals surface area contributed by atoms with E-state index in [1.165, 1.54) is 29.0 Å². The number of carbonyl (C=O) groups excluding carboxylic acids is 1. The van der Waals surface area contributed by atoms with E-state index in [1.54, 1.807) is 19.4 Å². The van der Waals surface area contributed by atoms with Crippen molar-refractivity contribution in [3.8, 4) is 11.1 Å². The number of carbonyl (C=O) groups is 1. The van der Waals surface area contributed by atoms with Crippen LogP contribution in [-0.4, -0.2) is 78.7 Å². The van der Waals surface area contributed by atoms with Crippen molar-refractivity contribution in [1.29, 1.82) is 0 Å². The molecular formula is C37H47N5O3S. The molecule has 1 amide bonds. The average molecular weight is 642 g/mol. The quantitative estimate of drug-likeness (QED) is 0.223. The summed E-state index contributed by atoms with van der Waals surface area (Å²) in [5.74, 6) is 0.595. The predicted molar refractivity (Wildman–Crippen MR) is 187 cm³/mol. The van der Waals surface area contributed by atoms with Crippen LogP contribution in [0.1, 0.15) is 66.1 Å². The standard InChI is InChI=1S/C37H47N5O3S/c1-37(2,3)30-10-11-31-28(22-30)21-29-23-33(46-36(29)40-31)35(44)39-32(13-14-41-15-17-42(18-16-41)19-20-45-4)26-7-5-25(6-8-26)27-9-12-34(43)38-24-27/h5-9,12,21,23-24,30,32H,10-11,13-20,22H2,1-4H3,(H,38,43)(H,39,44)/t30-,32?/m0/s1. The lowest BCUT2D eigenvalue weighted by atomic mass is 9.71. The highest BCUT2D eigenvalue weighted by atomic mass is 32.1. The van der Waals surface area contributed by atoms with Gasteiger partial charge in [0.2, 0.25) is 5.56 Å². The molecule has 2 atom stereocenters.